The molecule has 3 aromatic rings. The molecule has 0 radical (unpaired) electrons. The van der Waals surface area contributed by atoms with Crippen molar-refractivity contribution < 1.29 is 0 Å². The molecule has 0 unspecified atom stereocenters. The van der Waals surface area contributed by atoms with Crippen molar-refractivity contribution in [3.8, 4) is 0 Å². The van der Waals surface area contributed by atoms with E-state index in [2.05, 4.69) is 62.5 Å². The molecule has 1 aromatic carbocycles. The van der Waals surface area contributed by atoms with Gasteiger partial charge in [0.2, 0.25) is 0 Å². The number of fused-ring (bicyclic) bond motifs is 1. The van der Waals surface area contributed by atoms with Gasteiger partial charge >= 0.3 is 0 Å². The van der Waals surface area contributed by atoms with Crippen molar-refractivity contribution in [1.82, 2.24) is 20.3 Å². The Hall–Kier alpha value is -2.73. The molecule has 1 fully saturated rings. The Morgan fingerprint density at radius 1 is 1.12 bits per heavy atom. The number of benzene rings is 1. The quantitative estimate of drug-likeness (QED) is 0.756. The van der Waals surface area contributed by atoms with Gasteiger partial charge in [0.25, 0.3) is 0 Å². The molecule has 1 aliphatic heterocycles. The third kappa shape index (κ3) is 3.32. The molecule has 26 heavy (non-hydrogen) atoms. The Morgan fingerprint density at radius 2 is 1.96 bits per heavy atom. The summed E-state index contributed by atoms with van der Waals surface area (Å²) < 4.78 is 0. The van der Waals surface area contributed by atoms with Gasteiger partial charge < -0.3 is 15.5 Å². The maximum absolute atomic E-state index is 4.39. The number of pyridine rings is 1. The minimum Gasteiger partial charge on any atom is -0.378 e. The Morgan fingerprint density at radius 3 is 2.81 bits per heavy atom. The average Bonchev–Trinajstić information content (AvgIpc) is 2.66. The van der Waals surface area contributed by atoms with Gasteiger partial charge in [0.1, 0.15) is 0 Å². The molecule has 4 rings (SSSR count). The summed E-state index contributed by atoms with van der Waals surface area (Å²) in [5, 5.41) is 7.04. The SMILES string of the molecule is CC1(C)CNCCN1c1ccncc1NCc1ccc2nccnc2c1. The van der Waals surface area contributed by atoms with E-state index in [1.807, 2.05) is 18.5 Å². The van der Waals surface area contributed by atoms with E-state index >= 15 is 0 Å². The van der Waals surface area contributed by atoms with E-state index in [0.717, 1.165) is 42.9 Å². The highest BCUT2D eigenvalue weighted by Gasteiger charge is 2.30. The van der Waals surface area contributed by atoms with Crippen molar-refractivity contribution in [3.05, 3.63) is 54.6 Å². The van der Waals surface area contributed by atoms with Crippen molar-refractivity contribution in [2.75, 3.05) is 29.9 Å². The van der Waals surface area contributed by atoms with E-state index in [9.17, 15) is 0 Å². The van der Waals surface area contributed by atoms with Crippen LogP contribution in [0.2, 0.25) is 0 Å². The average molecular weight is 348 g/mol. The van der Waals surface area contributed by atoms with Crippen LogP contribution in [0.15, 0.2) is 49.1 Å². The number of nitrogens with one attached hydrogen (secondary N) is 2. The lowest BCUT2D eigenvalue weighted by atomic mass is 9.99. The molecule has 0 aliphatic carbocycles. The topological polar surface area (TPSA) is 66.0 Å². The summed E-state index contributed by atoms with van der Waals surface area (Å²) in [7, 11) is 0. The molecule has 134 valence electrons. The Labute approximate surface area is 153 Å². The number of rotatable bonds is 4. The van der Waals surface area contributed by atoms with Gasteiger partial charge in [-0.15, -0.1) is 0 Å². The lowest BCUT2D eigenvalue weighted by Crippen LogP contribution is -2.58. The number of nitrogens with zero attached hydrogens (tertiary/aromatic N) is 4. The molecule has 2 N–H and O–H groups in total. The van der Waals surface area contributed by atoms with Crippen LogP contribution in [0.25, 0.3) is 11.0 Å². The smallest absolute Gasteiger partial charge is 0.0890 e. The summed E-state index contributed by atoms with van der Waals surface area (Å²) in [6.07, 6.45) is 7.22. The molecule has 0 saturated carbocycles. The zero-order chi connectivity index (χ0) is 18.0. The Balaban J connectivity index is 1.56. The van der Waals surface area contributed by atoms with Gasteiger partial charge in [-0.05, 0) is 37.6 Å². The van der Waals surface area contributed by atoms with Gasteiger partial charge in [-0.25, -0.2) is 0 Å². The van der Waals surface area contributed by atoms with Crippen LogP contribution in [0.5, 0.6) is 0 Å². The minimum absolute atomic E-state index is 0.0641. The fraction of sp³-hybridized carbons (Fsp3) is 0.350. The van der Waals surface area contributed by atoms with Crippen LogP contribution in [0.4, 0.5) is 11.4 Å². The fourth-order valence-corrected chi connectivity index (χ4v) is 3.50. The first-order chi connectivity index (χ1) is 12.6. The van der Waals surface area contributed by atoms with Gasteiger partial charge in [-0.2, -0.15) is 0 Å². The summed E-state index contributed by atoms with van der Waals surface area (Å²) in [6.45, 7) is 8.21. The third-order valence-corrected chi connectivity index (χ3v) is 4.91. The third-order valence-electron chi connectivity index (χ3n) is 4.91. The molecule has 6 heteroatoms. The van der Waals surface area contributed by atoms with E-state index in [-0.39, 0.29) is 5.54 Å². The van der Waals surface area contributed by atoms with Crippen molar-refractivity contribution in [2.24, 2.45) is 0 Å². The first kappa shape index (κ1) is 16.7. The maximum Gasteiger partial charge on any atom is 0.0890 e. The molecule has 2 aromatic heterocycles. The molecule has 1 aliphatic rings. The largest absolute Gasteiger partial charge is 0.378 e. The summed E-state index contributed by atoms with van der Waals surface area (Å²) in [5.74, 6) is 0. The van der Waals surface area contributed by atoms with Crippen LogP contribution in [0.1, 0.15) is 19.4 Å². The molecule has 3 heterocycles. The van der Waals surface area contributed by atoms with E-state index in [1.165, 1.54) is 11.3 Å². The second kappa shape index (κ2) is 6.88. The van der Waals surface area contributed by atoms with Gasteiger partial charge in [0, 0.05) is 50.3 Å². The second-order valence-corrected chi connectivity index (χ2v) is 7.27. The van der Waals surface area contributed by atoms with Gasteiger partial charge in [0.15, 0.2) is 0 Å². The summed E-state index contributed by atoms with van der Waals surface area (Å²) in [5.41, 5.74) is 5.33. The van der Waals surface area contributed by atoms with Crippen LogP contribution in [-0.2, 0) is 6.54 Å². The number of hydrogen-bond donors (Lipinski definition) is 2. The fourth-order valence-electron chi connectivity index (χ4n) is 3.50. The van der Waals surface area contributed by atoms with Crippen LogP contribution in [-0.4, -0.2) is 40.1 Å². The van der Waals surface area contributed by atoms with Crippen molar-refractivity contribution in [2.45, 2.75) is 25.9 Å². The molecular weight excluding hydrogens is 324 g/mol. The normalized spacial score (nSPS) is 16.6. The molecule has 6 nitrogen and oxygen atoms in total. The van der Waals surface area contributed by atoms with E-state index < -0.39 is 0 Å². The van der Waals surface area contributed by atoms with Crippen LogP contribution >= 0.6 is 0 Å². The monoisotopic (exact) mass is 348 g/mol. The van der Waals surface area contributed by atoms with Gasteiger partial charge in [0.05, 0.1) is 28.6 Å². The molecular formula is C20H24N6. The molecule has 0 amide bonds. The van der Waals surface area contributed by atoms with Crippen molar-refractivity contribution >= 4 is 22.4 Å². The van der Waals surface area contributed by atoms with Gasteiger partial charge in [-0.1, -0.05) is 6.07 Å². The summed E-state index contributed by atoms with van der Waals surface area (Å²) >= 11 is 0. The zero-order valence-corrected chi connectivity index (χ0v) is 15.2. The molecule has 0 spiro atoms. The predicted molar refractivity (Wildman–Crippen MR) is 105 cm³/mol. The number of aromatic nitrogens is 3. The van der Waals surface area contributed by atoms with Crippen LogP contribution in [0, 0.1) is 0 Å². The highest BCUT2D eigenvalue weighted by Crippen LogP contribution is 2.31. The summed E-state index contributed by atoms with van der Waals surface area (Å²) in [4.78, 5) is 15.5. The number of anilines is 2. The van der Waals surface area contributed by atoms with Crippen molar-refractivity contribution in [1.29, 1.82) is 0 Å². The lowest BCUT2D eigenvalue weighted by molar-refractivity contribution is 0.381. The maximum atomic E-state index is 4.39. The van der Waals surface area contributed by atoms with Crippen molar-refractivity contribution in [3.63, 3.8) is 0 Å². The summed E-state index contributed by atoms with van der Waals surface area (Å²) in [6, 6.07) is 8.29. The number of hydrogen-bond acceptors (Lipinski definition) is 6. The Kier molecular flexibility index (Phi) is 4.42. The van der Waals surface area contributed by atoms with Crippen LogP contribution in [0.3, 0.4) is 0 Å². The number of piperazine rings is 1. The van der Waals surface area contributed by atoms with Crippen LogP contribution < -0.4 is 15.5 Å². The second-order valence-electron chi connectivity index (χ2n) is 7.27. The zero-order valence-electron chi connectivity index (χ0n) is 15.2. The standard InChI is InChI=1S/C20H24N6/c1-20(2)14-22-9-10-26(20)19-5-6-21-13-18(19)25-12-15-3-4-16-17(11-15)24-8-7-23-16/h3-8,11,13,22,25H,9-10,12,14H2,1-2H3. The highest BCUT2D eigenvalue weighted by molar-refractivity contribution is 5.75. The van der Waals surface area contributed by atoms with E-state index in [1.54, 1.807) is 12.4 Å². The molecule has 0 bridgehead atoms. The first-order valence-electron chi connectivity index (χ1n) is 8.99. The lowest BCUT2D eigenvalue weighted by Gasteiger charge is -2.45. The van der Waals surface area contributed by atoms with E-state index in [4.69, 9.17) is 0 Å². The first-order valence-corrected chi connectivity index (χ1v) is 8.99. The van der Waals surface area contributed by atoms with E-state index in [0.29, 0.717) is 0 Å². The minimum atomic E-state index is 0.0641. The predicted octanol–water partition coefficient (Wildman–Crippen LogP) is 2.83. The van der Waals surface area contributed by atoms with Gasteiger partial charge in [-0.3, -0.25) is 15.0 Å². The highest BCUT2D eigenvalue weighted by atomic mass is 15.3. The molecule has 0 atom stereocenters. The molecule has 1 saturated heterocycles. The Bertz CT molecular complexity index is 907.